The molecule has 0 amide bonds. The third kappa shape index (κ3) is 4.17. The van der Waals surface area contributed by atoms with Crippen LogP contribution in [-0.2, 0) is 22.6 Å². The van der Waals surface area contributed by atoms with Crippen LogP contribution in [0.2, 0.25) is 10.0 Å². The Labute approximate surface area is 187 Å². The van der Waals surface area contributed by atoms with E-state index in [1.807, 2.05) is 44.4 Å². The highest BCUT2D eigenvalue weighted by Crippen LogP contribution is 2.42. The summed E-state index contributed by atoms with van der Waals surface area (Å²) in [4.78, 5) is 0.349. The molecule has 7 heteroatoms. The Hall–Kier alpha value is -1.79. The first-order valence-corrected chi connectivity index (χ1v) is 12.3. The van der Waals surface area contributed by atoms with Gasteiger partial charge in [0.2, 0.25) is 0 Å². The molecule has 0 fully saturated rings. The van der Waals surface area contributed by atoms with Crippen molar-refractivity contribution >= 4 is 33.0 Å². The molecule has 0 radical (unpaired) electrons. The number of rotatable bonds is 5. The molecule has 0 bridgehead atoms. The van der Waals surface area contributed by atoms with Gasteiger partial charge in [0.25, 0.3) is 0 Å². The normalized spacial score (nSPS) is 18.9. The van der Waals surface area contributed by atoms with Crippen LogP contribution in [0.1, 0.15) is 47.1 Å². The summed E-state index contributed by atoms with van der Waals surface area (Å²) < 4.78 is 27.4. The van der Waals surface area contributed by atoms with E-state index < -0.39 is 9.84 Å². The fourth-order valence-corrected chi connectivity index (χ4v) is 6.00. The summed E-state index contributed by atoms with van der Waals surface area (Å²) in [6, 6.07) is 13.7. The molecular weight excluding hydrogens is 439 g/mol. The van der Waals surface area contributed by atoms with E-state index in [-0.39, 0.29) is 17.7 Å². The van der Waals surface area contributed by atoms with Gasteiger partial charge in [0.1, 0.15) is 0 Å². The Morgan fingerprint density at radius 1 is 1.03 bits per heavy atom. The molecule has 0 spiro atoms. The number of halogens is 2. The van der Waals surface area contributed by atoms with E-state index in [1.54, 1.807) is 23.0 Å². The number of fused-ring (bicyclic) bond motifs is 1. The number of nitrogens with one attached hydrogen (secondary N) is 1. The highest BCUT2D eigenvalue weighted by molar-refractivity contribution is 7.90. The second-order valence-electron chi connectivity index (χ2n) is 7.88. The maximum Gasteiger partial charge on any atom is 0.184 e. The molecule has 0 saturated carbocycles. The molecule has 1 N–H and O–H groups in total. The summed E-state index contributed by atoms with van der Waals surface area (Å²) in [5.74, 6) is 0.192. The first-order chi connectivity index (χ1) is 14.3. The van der Waals surface area contributed by atoms with Crippen molar-refractivity contribution in [2.45, 2.75) is 35.4 Å². The topological polar surface area (TPSA) is 51.1 Å². The van der Waals surface area contributed by atoms with Crippen LogP contribution < -0.4 is 5.32 Å². The third-order valence-electron chi connectivity index (χ3n) is 5.86. The van der Waals surface area contributed by atoms with Crippen LogP contribution in [0.4, 0.5) is 0 Å². The standard InChI is InChI=1S/C23H24Cl2N2O2S/c1-26-23-8-6-18(16-4-7-21(24)22(25)12-16)19-5-3-15(11-20(19)23)14-30(28,29)17-9-10-27(2)13-17/h3-5,7,9-13,18,23,26H,6,8,14H2,1-2H3/t18-,23-/m0/s1. The van der Waals surface area contributed by atoms with Crippen molar-refractivity contribution in [2.24, 2.45) is 7.05 Å². The summed E-state index contributed by atoms with van der Waals surface area (Å²) in [7, 11) is 0.371. The molecule has 4 rings (SSSR count). The van der Waals surface area contributed by atoms with Gasteiger partial charge in [0.15, 0.2) is 9.84 Å². The molecule has 1 heterocycles. The minimum atomic E-state index is -3.39. The van der Waals surface area contributed by atoms with Crippen molar-refractivity contribution in [1.29, 1.82) is 0 Å². The van der Waals surface area contributed by atoms with Gasteiger partial charge in [-0.25, -0.2) is 8.42 Å². The molecule has 1 aliphatic rings. The van der Waals surface area contributed by atoms with Crippen molar-refractivity contribution in [3.8, 4) is 0 Å². The Bertz CT molecular complexity index is 1190. The molecule has 0 unspecified atom stereocenters. The quantitative estimate of drug-likeness (QED) is 0.544. The fraction of sp³-hybridized carbons (Fsp3) is 0.304. The summed E-state index contributed by atoms with van der Waals surface area (Å²) in [5, 5.41) is 4.48. The van der Waals surface area contributed by atoms with E-state index in [0.717, 1.165) is 29.5 Å². The minimum absolute atomic E-state index is 0.0157. The fourth-order valence-electron chi connectivity index (χ4n) is 4.32. The number of hydrogen-bond acceptors (Lipinski definition) is 3. The van der Waals surface area contributed by atoms with Gasteiger partial charge in [-0.2, -0.15) is 0 Å². The Balaban J connectivity index is 1.70. The lowest BCUT2D eigenvalue weighted by atomic mass is 9.76. The van der Waals surface area contributed by atoms with Gasteiger partial charge in [-0.3, -0.25) is 0 Å². The number of aryl methyl sites for hydroxylation is 1. The smallest absolute Gasteiger partial charge is 0.184 e. The molecule has 158 valence electrons. The van der Waals surface area contributed by atoms with Crippen LogP contribution in [0.5, 0.6) is 0 Å². The Morgan fingerprint density at radius 2 is 1.83 bits per heavy atom. The average Bonchev–Trinajstić information content (AvgIpc) is 3.16. The van der Waals surface area contributed by atoms with Crippen molar-refractivity contribution in [2.75, 3.05) is 7.05 Å². The van der Waals surface area contributed by atoms with Gasteiger partial charge >= 0.3 is 0 Å². The second kappa shape index (κ2) is 8.39. The van der Waals surface area contributed by atoms with Gasteiger partial charge in [0.05, 0.1) is 20.7 Å². The largest absolute Gasteiger partial charge is 0.356 e. The van der Waals surface area contributed by atoms with Crippen LogP contribution >= 0.6 is 23.2 Å². The number of nitrogens with zero attached hydrogens (tertiary/aromatic N) is 1. The van der Waals surface area contributed by atoms with Crippen LogP contribution in [0.15, 0.2) is 59.8 Å². The number of sulfone groups is 1. The third-order valence-corrected chi connectivity index (χ3v) is 8.27. The monoisotopic (exact) mass is 462 g/mol. The van der Waals surface area contributed by atoms with Crippen molar-refractivity contribution in [3.63, 3.8) is 0 Å². The predicted molar refractivity (Wildman–Crippen MR) is 122 cm³/mol. The summed E-state index contributed by atoms with van der Waals surface area (Å²) in [6.45, 7) is 0. The Kier molecular flexibility index (Phi) is 5.99. The van der Waals surface area contributed by atoms with Gasteiger partial charge in [-0.1, -0.05) is 47.5 Å². The summed E-state index contributed by atoms with van der Waals surface area (Å²) in [6.07, 6.45) is 5.34. The van der Waals surface area contributed by atoms with E-state index in [1.165, 1.54) is 5.56 Å². The van der Waals surface area contributed by atoms with Gasteiger partial charge in [-0.05, 0) is 60.3 Å². The maximum atomic E-state index is 12.8. The molecule has 1 aliphatic carbocycles. The lowest BCUT2D eigenvalue weighted by Gasteiger charge is -2.32. The lowest BCUT2D eigenvalue weighted by molar-refractivity contribution is 0.470. The van der Waals surface area contributed by atoms with E-state index in [9.17, 15) is 8.42 Å². The van der Waals surface area contributed by atoms with Gasteiger partial charge < -0.3 is 9.88 Å². The highest BCUT2D eigenvalue weighted by Gasteiger charge is 2.28. The average molecular weight is 463 g/mol. The number of hydrogen-bond donors (Lipinski definition) is 1. The molecule has 30 heavy (non-hydrogen) atoms. The summed E-state index contributed by atoms with van der Waals surface area (Å²) in [5.41, 5.74) is 4.29. The van der Waals surface area contributed by atoms with Crippen molar-refractivity contribution in [1.82, 2.24) is 9.88 Å². The molecule has 0 saturated heterocycles. The first-order valence-electron chi connectivity index (χ1n) is 9.88. The van der Waals surface area contributed by atoms with E-state index in [4.69, 9.17) is 23.2 Å². The van der Waals surface area contributed by atoms with Gasteiger partial charge in [-0.15, -0.1) is 0 Å². The van der Waals surface area contributed by atoms with E-state index in [2.05, 4.69) is 11.4 Å². The molecule has 2 atom stereocenters. The Morgan fingerprint density at radius 3 is 2.50 bits per heavy atom. The van der Waals surface area contributed by atoms with Crippen LogP contribution in [0, 0.1) is 0 Å². The minimum Gasteiger partial charge on any atom is -0.356 e. The zero-order valence-corrected chi connectivity index (χ0v) is 19.2. The number of benzene rings is 2. The van der Waals surface area contributed by atoms with E-state index in [0.29, 0.717) is 14.9 Å². The molecule has 0 aliphatic heterocycles. The predicted octanol–water partition coefficient (Wildman–Crippen LogP) is 5.49. The molecule has 4 nitrogen and oxygen atoms in total. The SMILES string of the molecule is CN[C@H]1CC[C@@H](c2ccc(Cl)c(Cl)c2)c2ccc(CS(=O)(=O)c3ccn(C)c3)cc21. The zero-order chi connectivity index (χ0) is 21.5. The van der Waals surface area contributed by atoms with Crippen molar-refractivity contribution < 1.29 is 8.42 Å². The molecular formula is C23H24Cl2N2O2S. The van der Waals surface area contributed by atoms with Crippen LogP contribution in [0.3, 0.4) is 0 Å². The molecule has 2 aromatic carbocycles. The zero-order valence-electron chi connectivity index (χ0n) is 16.9. The highest BCUT2D eigenvalue weighted by atomic mass is 35.5. The molecule has 3 aromatic rings. The van der Waals surface area contributed by atoms with Crippen molar-refractivity contribution in [3.05, 3.63) is 87.2 Å². The lowest BCUT2D eigenvalue weighted by Crippen LogP contribution is -2.24. The summed E-state index contributed by atoms with van der Waals surface area (Å²) >= 11 is 12.4. The van der Waals surface area contributed by atoms with Gasteiger partial charge in [0, 0.05) is 31.4 Å². The molecule has 1 aromatic heterocycles. The second-order valence-corrected chi connectivity index (χ2v) is 10.7. The van der Waals surface area contributed by atoms with E-state index >= 15 is 0 Å². The number of aromatic nitrogens is 1. The van der Waals surface area contributed by atoms with Crippen LogP contribution in [0.25, 0.3) is 0 Å². The van der Waals surface area contributed by atoms with Crippen LogP contribution in [-0.4, -0.2) is 20.0 Å². The first kappa shape index (κ1) is 21.4. The maximum absolute atomic E-state index is 12.8.